The van der Waals surface area contributed by atoms with Crippen molar-refractivity contribution in [2.45, 2.75) is 19.9 Å². The fourth-order valence-electron chi connectivity index (χ4n) is 2.60. The van der Waals surface area contributed by atoms with Gasteiger partial charge in [-0.05, 0) is 26.0 Å². The van der Waals surface area contributed by atoms with E-state index in [0.29, 0.717) is 6.04 Å². The van der Waals surface area contributed by atoms with E-state index in [1.54, 1.807) is 6.33 Å². The number of hydrogen-bond acceptors (Lipinski definition) is 6. The van der Waals surface area contributed by atoms with Crippen molar-refractivity contribution < 1.29 is 0 Å². The van der Waals surface area contributed by atoms with E-state index in [1.807, 2.05) is 24.4 Å². The maximum atomic E-state index is 4.42. The molecular formula is C16H22N6. The van der Waals surface area contributed by atoms with Crippen LogP contribution < -0.4 is 15.1 Å². The van der Waals surface area contributed by atoms with Gasteiger partial charge in [0.2, 0.25) is 0 Å². The van der Waals surface area contributed by atoms with E-state index in [2.05, 4.69) is 50.0 Å². The van der Waals surface area contributed by atoms with Gasteiger partial charge in [0.15, 0.2) is 0 Å². The summed E-state index contributed by atoms with van der Waals surface area (Å²) in [6.07, 6.45) is 3.47. The molecule has 0 amide bonds. The molecule has 0 radical (unpaired) electrons. The van der Waals surface area contributed by atoms with E-state index in [1.165, 1.54) is 0 Å². The second-order valence-corrected chi connectivity index (χ2v) is 5.72. The van der Waals surface area contributed by atoms with Gasteiger partial charge in [0.05, 0.1) is 0 Å². The molecule has 1 aliphatic heterocycles. The predicted octanol–water partition coefficient (Wildman–Crippen LogP) is 2.02. The molecule has 0 atom stereocenters. The van der Waals surface area contributed by atoms with E-state index in [4.69, 9.17) is 0 Å². The largest absolute Gasteiger partial charge is 0.368 e. The molecule has 0 bridgehead atoms. The summed E-state index contributed by atoms with van der Waals surface area (Å²) in [5.74, 6) is 2.91. The number of nitrogens with zero attached hydrogens (tertiary/aromatic N) is 5. The second kappa shape index (κ2) is 6.60. The highest BCUT2D eigenvalue weighted by Gasteiger charge is 2.19. The first kappa shape index (κ1) is 14.6. The van der Waals surface area contributed by atoms with E-state index < -0.39 is 0 Å². The van der Waals surface area contributed by atoms with Crippen LogP contribution in [0.25, 0.3) is 0 Å². The Morgan fingerprint density at radius 1 is 0.955 bits per heavy atom. The Kier molecular flexibility index (Phi) is 4.37. The van der Waals surface area contributed by atoms with Crippen molar-refractivity contribution in [2.24, 2.45) is 0 Å². The molecule has 0 unspecified atom stereocenters. The van der Waals surface area contributed by atoms with Crippen LogP contribution in [0.4, 0.5) is 17.5 Å². The molecule has 1 aliphatic rings. The van der Waals surface area contributed by atoms with Gasteiger partial charge in [-0.1, -0.05) is 6.07 Å². The summed E-state index contributed by atoms with van der Waals surface area (Å²) in [5, 5.41) is 3.32. The highest BCUT2D eigenvalue weighted by atomic mass is 15.3. The second-order valence-electron chi connectivity index (χ2n) is 5.72. The lowest BCUT2D eigenvalue weighted by Gasteiger charge is -2.36. The highest BCUT2D eigenvalue weighted by molar-refractivity contribution is 5.50. The van der Waals surface area contributed by atoms with Crippen molar-refractivity contribution in [2.75, 3.05) is 41.3 Å². The van der Waals surface area contributed by atoms with Gasteiger partial charge < -0.3 is 15.1 Å². The van der Waals surface area contributed by atoms with Gasteiger partial charge in [-0.25, -0.2) is 15.0 Å². The quantitative estimate of drug-likeness (QED) is 0.932. The van der Waals surface area contributed by atoms with Crippen LogP contribution in [-0.2, 0) is 0 Å². The first-order chi connectivity index (χ1) is 10.7. The monoisotopic (exact) mass is 298 g/mol. The topological polar surface area (TPSA) is 57.2 Å². The maximum absolute atomic E-state index is 4.42. The molecule has 3 rings (SSSR count). The lowest BCUT2D eigenvalue weighted by atomic mass is 10.3. The van der Waals surface area contributed by atoms with Crippen molar-refractivity contribution in [3.05, 3.63) is 36.8 Å². The van der Waals surface area contributed by atoms with E-state index in [0.717, 1.165) is 43.6 Å². The molecule has 0 aliphatic carbocycles. The summed E-state index contributed by atoms with van der Waals surface area (Å²) in [6, 6.07) is 8.43. The summed E-state index contributed by atoms with van der Waals surface area (Å²) < 4.78 is 0. The minimum atomic E-state index is 0.365. The molecule has 1 saturated heterocycles. The van der Waals surface area contributed by atoms with Crippen LogP contribution >= 0.6 is 0 Å². The minimum Gasteiger partial charge on any atom is -0.368 e. The summed E-state index contributed by atoms with van der Waals surface area (Å²) in [6.45, 7) is 7.99. The molecule has 6 heteroatoms. The predicted molar refractivity (Wildman–Crippen MR) is 89.5 cm³/mol. The van der Waals surface area contributed by atoms with Gasteiger partial charge in [-0.2, -0.15) is 0 Å². The van der Waals surface area contributed by atoms with Crippen LogP contribution in [0.3, 0.4) is 0 Å². The average molecular weight is 298 g/mol. The number of pyridine rings is 1. The Labute approximate surface area is 131 Å². The van der Waals surface area contributed by atoms with Gasteiger partial charge in [0, 0.05) is 44.5 Å². The van der Waals surface area contributed by atoms with Crippen LogP contribution in [0.1, 0.15) is 13.8 Å². The Morgan fingerprint density at radius 3 is 2.32 bits per heavy atom. The molecule has 0 saturated carbocycles. The molecule has 0 aromatic carbocycles. The molecule has 3 heterocycles. The smallest absolute Gasteiger partial charge is 0.134 e. The Bertz CT molecular complexity index is 593. The van der Waals surface area contributed by atoms with E-state index in [9.17, 15) is 0 Å². The third kappa shape index (κ3) is 3.44. The van der Waals surface area contributed by atoms with Gasteiger partial charge >= 0.3 is 0 Å². The summed E-state index contributed by atoms with van der Waals surface area (Å²) >= 11 is 0. The van der Waals surface area contributed by atoms with Crippen molar-refractivity contribution in [3.63, 3.8) is 0 Å². The number of rotatable bonds is 4. The Balaban J connectivity index is 1.64. The van der Waals surface area contributed by atoms with Gasteiger partial charge in [-0.3, -0.25) is 0 Å². The molecule has 2 aromatic rings. The molecular weight excluding hydrogens is 276 g/mol. The number of anilines is 3. The third-order valence-corrected chi connectivity index (χ3v) is 3.67. The molecule has 6 nitrogen and oxygen atoms in total. The van der Waals surface area contributed by atoms with Crippen LogP contribution in [0.15, 0.2) is 36.8 Å². The van der Waals surface area contributed by atoms with Crippen LogP contribution in [-0.4, -0.2) is 47.2 Å². The molecule has 1 N–H and O–H groups in total. The lowest BCUT2D eigenvalue weighted by Crippen LogP contribution is -2.47. The zero-order chi connectivity index (χ0) is 15.4. The third-order valence-electron chi connectivity index (χ3n) is 3.67. The zero-order valence-corrected chi connectivity index (χ0v) is 13.1. The lowest BCUT2D eigenvalue weighted by molar-refractivity contribution is 0.641. The fraction of sp³-hybridized carbons (Fsp3) is 0.438. The van der Waals surface area contributed by atoms with E-state index in [-0.39, 0.29) is 0 Å². The van der Waals surface area contributed by atoms with Crippen molar-refractivity contribution in [1.29, 1.82) is 0 Å². The van der Waals surface area contributed by atoms with Crippen LogP contribution in [0, 0.1) is 0 Å². The van der Waals surface area contributed by atoms with Crippen molar-refractivity contribution in [1.82, 2.24) is 15.0 Å². The fourth-order valence-corrected chi connectivity index (χ4v) is 2.60. The maximum Gasteiger partial charge on any atom is 0.134 e. The molecule has 0 spiro atoms. The number of piperazine rings is 1. The summed E-state index contributed by atoms with van der Waals surface area (Å²) in [4.78, 5) is 17.7. The normalized spacial score (nSPS) is 15.2. The summed E-state index contributed by atoms with van der Waals surface area (Å²) in [7, 11) is 0. The SMILES string of the molecule is CC(C)Nc1cc(N2CCN(c3ccccn3)CC2)ncn1. The molecule has 2 aromatic heterocycles. The highest BCUT2D eigenvalue weighted by Crippen LogP contribution is 2.19. The first-order valence-electron chi connectivity index (χ1n) is 7.72. The van der Waals surface area contributed by atoms with Crippen LogP contribution in [0.2, 0.25) is 0 Å². The number of nitrogens with one attached hydrogen (secondary N) is 1. The first-order valence-corrected chi connectivity index (χ1v) is 7.72. The Morgan fingerprint density at radius 2 is 1.68 bits per heavy atom. The van der Waals surface area contributed by atoms with Crippen molar-refractivity contribution in [3.8, 4) is 0 Å². The summed E-state index contributed by atoms with van der Waals surface area (Å²) in [5.41, 5.74) is 0. The van der Waals surface area contributed by atoms with Crippen molar-refractivity contribution >= 4 is 17.5 Å². The van der Waals surface area contributed by atoms with Gasteiger partial charge in [0.1, 0.15) is 23.8 Å². The van der Waals surface area contributed by atoms with Crippen LogP contribution in [0.5, 0.6) is 0 Å². The molecule has 22 heavy (non-hydrogen) atoms. The Hall–Kier alpha value is -2.37. The minimum absolute atomic E-state index is 0.365. The number of hydrogen-bond donors (Lipinski definition) is 1. The standard InChI is InChI=1S/C16H22N6/c1-13(2)20-14-11-16(19-12-18-14)22-9-7-21(8-10-22)15-5-3-4-6-17-15/h3-6,11-13H,7-10H2,1-2H3,(H,18,19,20). The zero-order valence-electron chi connectivity index (χ0n) is 13.1. The average Bonchev–Trinajstić information content (AvgIpc) is 2.55. The van der Waals surface area contributed by atoms with E-state index >= 15 is 0 Å². The van der Waals surface area contributed by atoms with Gasteiger partial charge in [0.25, 0.3) is 0 Å². The number of aromatic nitrogens is 3. The molecule has 116 valence electrons. The van der Waals surface area contributed by atoms with Gasteiger partial charge in [-0.15, -0.1) is 0 Å². The molecule has 1 fully saturated rings.